The number of amides is 2. The van der Waals surface area contributed by atoms with Crippen molar-refractivity contribution in [1.82, 2.24) is 19.9 Å². The van der Waals surface area contributed by atoms with Crippen LogP contribution in [0.15, 0.2) is 49.1 Å². The molecule has 2 N–H and O–H groups in total. The summed E-state index contributed by atoms with van der Waals surface area (Å²) in [6, 6.07) is 7.93. The Kier molecular flexibility index (Phi) is 5.80. The van der Waals surface area contributed by atoms with Crippen LogP contribution in [0.1, 0.15) is 30.8 Å². The highest BCUT2D eigenvalue weighted by atomic mass is 16.2. The fraction of sp³-hybridized carbons (Fsp3) is 0.300. The van der Waals surface area contributed by atoms with Crippen LogP contribution >= 0.6 is 0 Å². The zero-order valence-corrected chi connectivity index (χ0v) is 15.5. The number of rotatable bonds is 7. The molecule has 0 atom stereocenters. The van der Waals surface area contributed by atoms with Crippen LogP contribution in [0.3, 0.4) is 0 Å². The van der Waals surface area contributed by atoms with Gasteiger partial charge in [0.2, 0.25) is 5.91 Å². The highest BCUT2D eigenvalue weighted by Crippen LogP contribution is 2.21. The SMILES string of the molecule is CC(C)Cn1ccc2cc(NC(=O)CCNC(=O)c3cnccn3)ccc21. The van der Waals surface area contributed by atoms with E-state index in [0.29, 0.717) is 5.92 Å². The molecule has 1 aromatic carbocycles. The van der Waals surface area contributed by atoms with E-state index in [4.69, 9.17) is 0 Å². The predicted octanol–water partition coefficient (Wildman–Crippen LogP) is 2.85. The third-order valence-corrected chi connectivity index (χ3v) is 4.05. The van der Waals surface area contributed by atoms with Crippen LogP contribution in [-0.4, -0.2) is 32.9 Å². The summed E-state index contributed by atoms with van der Waals surface area (Å²) in [5.74, 6) is 0.0660. The second-order valence-electron chi connectivity index (χ2n) is 6.78. The maximum absolute atomic E-state index is 12.1. The van der Waals surface area contributed by atoms with Gasteiger partial charge in [0.05, 0.1) is 6.20 Å². The van der Waals surface area contributed by atoms with Gasteiger partial charge in [0.15, 0.2) is 0 Å². The van der Waals surface area contributed by atoms with E-state index in [1.807, 2.05) is 18.2 Å². The normalized spacial score (nSPS) is 10.9. The molecule has 27 heavy (non-hydrogen) atoms. The molecule has 0 radical (unpaired) electrons. The first-order valence-corrected chi connectivity index (χ1v) is 8.96. The largest absolute Gasteiger partial charge is 0.350 e. The Hall–Kier alpha value is -3.22. The van der Waals surface area contributed by atoms with Gasteiger partial charge in [-0.05, 0) is 30.2 Å². The van der Waals surface area contributed by atoms with Crippen LogP contribution in [-0.2, 0) is 11.3 Å². The van der Waals surface area contributed by atoms with Gasteiger partial charge in [-0.3, -0.25) is 14.6 Å². The van der Waals surface area contributed by atoms with Crippen molar-refractivity contribution in [2.75, 3.05) is 11.9 Å². The van der Waals surface area contributed by atoms with Gasteiger partial charge in [-0.2, -0.15) is 0 Å². The van der Waals surface area contributed by atoms with Crippen LogP contribution in [0.25, 0.3) is 10.9 Å². The number of hydrogen-bond acceptors (Lipinski definition) is 4. The molecule has 0 spiro atoms. The summed E-state index contributed by atoms with van der Waals surface area (Å²) in [5, 5.41) is 6.62. The predicted molar refractivity (Wildman–Crippen MR) is 104 cm³/mol. The lowest BCUT2D eigenvalue weighted by Crippen LogP contribution is -2.28. The quantitative estimate of drug-likeness (QED) is 0.674. The highest BCUT2D eigenvalue weighted by molar-refractivity contribution is 5.95. The first kappa shape index (κ1) is 18.6. The van der Waals surface area contributed by atoms with Crippen LogP contribution in [0, 0.1) is 5.92 Å². The van der Waals surface area contributed by atoms with Crippen molar-refractivity contribution in [3.05, 3.63) is 54.7 Å². The van der Waals surface area contributed by atoms with Crippen LogP contribution in [0.4, 0.5) is 5.69 Å². The summed E-state index contributed by atoms with van der Waals surface area (Å²) in [7, 11) is 0. The number of fused-ring (bicyclic) bond motifs is 1. The molecule has 3 rings (SSSR count). The minimum absolute atomic E-state index is 0.157. The Bertz CT molecular complexity index is 934. The van der Waals surface area contributed by atoms with Crippen molar-refractivity contribution in [2.45, 2.75) is 26.8 Å². The van der Waals surface area contributed by atoms with E-state index >= 15 is 0 Å². The van der Waals surface area contributed by atoms with Gasteiger partial charge in [0.1, 0.15) is 5.69 Å². The molecule has 2 aromatic heterocycles. The van der Waals surface area contributed by atoms with Gasteiger partial charge in [0, 0.05) is 54.7 Å². The second-order valence-corrected chi connectivity index (χ2v) is 6.78. The Labute approximate surface area is 157 Å². The molecule has 0 unspecified atom stereocenters. The van der Waals surface area contributed by atoms with Crippen molar-refractivity contribution in [2.24, 2.45) is 5.92 Å². The zero-order chi connectivity index (χ0) is 19.2. The molecule has 7 nitrogen and oxygen atoms in total. The van der Waals surface area contributed by atoms with E-state index < -0.39 is 0 Å². The summed E-state index contributed by atoms with van der Waals surface area (Å²) in [5.41, 5.74) is 2.13. The number of carbonyl (C=O) groups is 2. The highest BCUT2D eigenvalue weighted by Gasteiger charge is 2.09. The van der Waals surface area contributed by atoms with Crippen molar-refractivity contribution >= 4 is 28.4 Å². The first-order chi connectivity index (χ1) is 13.0. The van der Waals surface area contributed by atoms with Crippen molar-refractivity contribution in [1.29, 1.82) is 0 Å². The van der Waals surface area contributed by atoms with Crippen molar-refractivity contribution in [3.63, 3.8) is 0 Å². The van der Waals surface area contributed by atoms with Gasteiger partial charge < -0.3 is 15.2 Å². The maximum Gasteiger partial charge on any atom is 0.271 e. The number of aromatic nitrogens is 3. The smallest absolute Gasteiger partial charge is 0.271 e. The monoisotopic (exact) mass is 365 g/mol. The summed E-state index contributed by atoms with van der Waals surface area (Å²) in [6.07, 6.45) is 6.58. The number of carbonyl (C=O) groups excluding carboxylic acids is 2. The number of benzene rings is 1. The van der Waals surface area contributed by atoms with Crippen molar-refractivity contribution in [3.8, 4) is 0 Å². The molecular formula is C20H23N5O2. The molecule has 0 saturated carbocycles. The Morgan fingerprint density at radius 3 is 2.78 bits per heavy atom. The van der Waals surface area contributed by atoms with Crippen LogP contribution in [0.5, 0.6) is 0 Å². The fourth-order valence-electron chi connectivity index (χ4n) is 2.85. The Morgan fingerprint density at radius 2 is 2.04 bits per heavy atom. The maximum atomic E-state index is 12.1. The van der Waals surface area contributed by atoms with E-state index in [9.17, 15) is 9.59 Å². The zero-order valence-electron chi connectivity index (χ0n) is 15.5. The van der Waals surface area contributed by atoms with E-state index in [1.54, 1.807) is 0 Å². The summed E-state index contributed by atoms with van der Waals surface area (Å²) < 4.78 is 2.22. The average Bonchev–Trinajstić information content (AvgIpc) is 3.03. The van der Waals surface area contributed by atoms with Gasteiger partial charge in [-0.1, -0.05) is 13.8 Å². The van der Waals surface area contributed by atoms with Gasteiger partial charge in [0.25, 0.3) is 5.91 Å². The third-order valence-electron chi connectivity index (χ3n) is 4.05. The van der Waals surface area contributed by atoms with Crippen molar-refractivity contribution < 1.29 is 9.59 Å². The van der Waals surface area contributed by atoms with Crippen LogP contribution < -0.4 is 10.6 Å². The molecule has 0 saturated heterocycles. The second kappa shape index (κ2) is 8.44. The minimum Gasteiger partial charge on any atom is -0.350 e. The lowest BCUT2D eigenvalue weighted by molar-refractivity contribution is -0.116. The number of hydrogen-bond donors (Lipinski definition) is 2. The first-order valence-electron chi connectivity index (χ1n) is 8.96. The summed E-state index contributed by atoms with van der Waals surface area (Å²) in [6.45, 7) is 5.56. The lowest BCUT2D eigenvalue weighted by atomic mass is 10.2. The van der Waals surface area contributed by atoms with E-state index in [2.05, 4.69) is 51.3 Å². The fourth-order valence-corrected chi connectivity index (χ4v) is 2.85. The molecule has 7 heteroatoms. The van der Waals surface area contributed by atoms with Gasteiger partial charge in [-0.25, -0.2) is 4.98 Å². The molecule has 140 valence electrons. The summed E-state index contributed by atoms with van der Waals surface area (Å²) in [4.78, 5) is 31.7. The number of anilines is 1. The third kappa shape index (κ3) is 4.91. The van der Waals surface area contributed by atoms with E-state index in [-0.39, 0.29) is 30.5 Å². The molecule has 0 aliphatic heterocycles. The number of nitrogens with one attached hydrogen (secondary N) is 2. The van der Waals surface area contributed by atoms with Gasteiger partial charge in [-0.15, -0.1) is 0 Å². The molecule has 0 fully saturated rings. The molecule has 0 aliphatic carbocycles. The molecular weight excluding hydrogens is 342 g/mol. The topological polar surface area (TPSA) is 88.9 Å². The average molecular weight is 365 g/mol. The van der Waals surface area contributed by atoms with E-state index in [1.165, 1.54) is 18.6 Å². The Morgan fingerprint density at radius 1 is 1.19 bits per heavy atom. The molecule has 2 amide bonds. The molecule has 3 aromatic rings. The summed E-state index contributed by atoms with van der Waals surface area (Å²) >= 11 is 0. The Balaban J connectivity index is 1.52. The van der Waals surface area contributed by atoms with Gasteiger partial charge >= 0.3 is 0 Å². The minimum atomic E-state index is -0.344. The molecule has 0 bridgehead atoms. The van der Waals surface area contributed by atoms with Crippen LogP contribution in [0.2, 0.25) is 0 Å². The van der Waals surface area contributed by atoms with E-state index in [0.717, 1.165) is 23.1 Å². The molecule has 2 heterocycles. The lowest BCUT2D eigenvalue weighted by Gasteiger charge is -2.09. The standard InChI is InChI=1S/C20H23N5O2/c1-14(2)13-25-10-6-15-11-16(3-4-18(15)25)24-19(26)5-7-23-20(27)17-12-21-8-9-22-17/h3-4,6,8-12,14H,5,7,13H2,1-2H3,(H,23,27)(H,24,26). The molecule has 0 aliphatic rings. The number of nitrogens with zero attached hydrogens (tertiary/aromatic N) is 3.